The van der Waals surface area contributed by atoms with Gasteiger partial charge in [0.05, 0.1) is 23.6 Å². The number of carbonyl (C=O) groups is 1. The van der Waals surface area contributed by atoms with Gasteiger partial charge in [-0.2, -0.15) is 5.10 Å². The average Bonchev–Trinajstić information content (AvgIpc) is 3.37. The Bertz CT molecular complexity index is 1000. The van der Waals surface area contributed by atoms with Gasteiger partial charge in [-0.15, -0.1) is 0 Å². The molecule has 0 radical (unpaired) electrons. The number of nitrogens with one attached hydrogen (secondary N) is 1. The second kappa shape index (κ2) is 9.09. The molecule has 7 heteroatoms. The van der Waals surface area contributed by atoms with E-state index in [1.807, 2.05) is 48.0 Å². The van der Waals surface area contributed by atoms with Crippen molar-refractivity contribution in [3.8, 4) is 11.5 Å². The smallest absolute Gasteiger partial charge is 0.241 e. The molecule has 0 saturated carbocycles. The monoisotopic (exact) mass is 405 g/mol. The van der Waals surface area contributed by atoms with Crippen molar-refractivity contribution in [1.29, 1.82) is 0 Å². The van der Waals surface area contributed by atoms with Crippen LogP contribution in [-0.4, -0.2) is 38.2 Å². The van der Waals surface area contributed by atoms with Crippen molar-refractivity contribution in [1.82, 2.24) is 19.7 Å². The van der Waals surface area contributed by atoms with Gasteiger partial charge in [-0.1, -0.05) is 12.1 Å². The molecule has 3 heterocycles. The molecular weight excluding hydrogens is 378 g/mol. The highest BCUT2D eigenvalue weighted by molar-refractivity contribution is 5.96. The van der Waals surface area contributed by atoms with Crippen LogP contribution in [0.25, 0.3) is 0 Å². The Hall–Kier alpha value is -3.19. The highest BCUT2D eigenvalue weighted by Gasteiger charge is 2.31. The molecule has 1 fully saturated rings. The Morgan fingerprint density at radius 1 is 1.27 bits per heavy atom. The van der Waals surface area contributed by atoms with Crippen molar-refractivity contribution >= 4 is 11.6 Å². The first-order chi connectivity index (χ1) is 14.6. The van der Waals surface area contributed by atoms with Crippen LogP contribution in [0, 0.1) is 6.92 Å². The zero-order valence-electron chi connectivity index (χ0n) is 17.4. The van der Waals surface area contributed by atoms with E-state index in [0.717, 1.165) is 38.2 Å². The molecule has 0 aliphatic carbocycles. The van der Waals surface area contributed by atoms with Gasteiger partial charge in [-0.25, -0.2) is 0 Å². The third kappa shape index (κ3) is 4.52. The van der Waals surface area contributed by atoms with Crippen LogP contribution in [0.15, 0.2) is 55.0 Å². The standard InChI is InChI=1S/C23H27N5O2/c1-3-28-16-18(17(2)26-28)15-27-13-7-10-21(27)23(29)25-20-9-4-5-11-22(20)30-19-8-6-12-24-14-19/h4-6,8-9,11-12,14,16,21H,3,7,10,13,15H2,1-2H3,(H,25,29)/t21-/m0/s1. The molecular formula is C23H27N5O2. The van der Waals surface area contributed by atoms with E-state index in [1.165, 1.54) is 5.56 Å². The van der Waals surface area contributed by atoms with E-state index in [4.69, 9.17) is 4.74 Å². The van der Waals surface area contributed by atoms with Crippen molar-refractivity contribution in [2.24, 2.45) is 0 Å². The number of ether oxygens (including phenoxy) is 1. The predicted molar refractivity (Wildman–Crippen MR) is 115 cm³/mol. The Morgan fingerprint density at radius 3 is 2.90 bits per heavy atom. The van der Waals surface area contributed by atoms with E-state index in [-0.39, 0.29) is 11.9 Å². The maximum absolute atomic E-state index is 13.1. The summed E-state index contributed by atoms with van der Waals surface area (Å²) < 4.78 is 7.87. The largest absolute Gasteiger partial charge is 0.454 e. The third-order valence-electron chi connectivity index (χ3n) is 5.42. The van der Waals surface area contributed by atoms with Crippen LogP contribution in [-0.2, 0) is 17.9 Å². The van der Waals surface area contributed by atoms with Crippen molar-refractivity contribution in [3.63, 3.8) is 0 Å². The molecule has 1 N–H and O–H groups in total. The molecule has 4 rings (SSSR count). The van der Waals surface area contributed by atoms with Crippen LogP contribution >= 0.6 is 0 Å². The molecule has 156 valence electrons. The molecule has 1 saturated heterocycles. The summed E-state index contributed by atoms with van der Waals surface area (Å²) in [6.45, 7) is 6.59. The number of amides is 1. The van der Waals surface area contributed by atoms with Crippen LogP contribution in [0.4, 0.5) is 5.69 Å². The quantitative estimate of drug-likeness (QED) is 0.643. The Kier molecular flexibility index (Phi) is 6.09. The van der Waals surface area contributed by atoms with Crippen LogP contribution in [0.1, 0.15) is 31.0 Å². The Balaban J connectivity index is 1.46. The van der Waals surface area contributed by atoms with Crippen LogP contribution in [0.2, 0.25) is 0 Å². The Morgan fingerprint density at radius 2 is 2.13 bits per heavy atom. The summed E-state index contributed by atoms with van der Waals surface area (Å²) in [7, 11) is 0. The number of anilines is 1. The highest BCUT2D eigenvalue weighted by Crippen LogP contribution is 2.30. The van der Waals surface area contributed by atoms with E-state index in [0.29, 0.717) is 17.2 Å². The number of likely N-dealkylation sites (tertiary alicyclic amines) is 1. The molecule has 3 aromatic rings. The molecule has 0 spiro atoms. The summed E-state index contributed by atoms with van der Waals surface area (Å²) in [4.78, 5) is 19.4. The van der Waals surface area contributed by atoms with Gasteiger partial charge in [0.25, 0.3) is 0 Å². The first-order valence-electron chi connectivity index (χ1n) is 10.4. The maximum Gasteiger partial charge on any atom is 0.241 e. The number of para-hydroxylation sites is 2. The zero-order chi connectivity index (χ0) is 20.9. The van der Waals surface area contributed by atoms with E-state index in [9.17, 15) is 4.79 Å². The second-order valence-electron chi connectivity index (χ2n) is 7.50. The molecule has 1 aliphatic rings. The molecule has 1 aromatic carbocycles. The summed E-state index contributed by atoms with van der Waals surface area (Å²) in [6.07, 6.45) is 7.28. The number of nitrogens with zero attached hydrogens (tertiary/aromatic N) is 4. The van der Waals surface area contributed by atoms with E-state index >= 15 is 0 Å². The highest BCUT2D eigenvalue weighted by atomic mass is 16.5. The minimum atomic E-state index is -0.166. The summed E-state index contributed by atoms with van der Waals surface area (Å²) in [5.74, 6) is 1.23. The lowest BCUT2D eigenvalue weighted by molar-refractivity contribution is -0.120. The zero-order valence-corrected chi connectivity index (χ0v) is 17.4. The number of carbonyl (C=O) groups excluding carboxylic acids is 1. The minimum absolute atomic E-state index is 0.00438. The molecule has 2 aromatic heterocycles. The predicted octanol–water partition coefficient (Wildman–Crippen LogP) is 4.00. The topological polar surface area (TPSA) is 72.3 Å². The summed E-state index contributed by atoms with van der Waals surface area (Å²) in [5, 5.41) is 7.60. The number of benzene rings is 1. The molecule has 1 amide bonds. The number of pyridine rings is 1. The van der Waals surface area contributed by atoms with Crippen molar-refractivity contribution in [2.75, 3.05) is 11.9 Å². The van der Waals surface area contributed by atoms with Crippen LogP contribution < -0.4 is 10.1 Å². The van der Waals surface area contributed by atoms with Gasteiger partial charge in [-0.3, -0.25) is 19.4 Å². The average molecular weight is 406 g/mol. The second-order valence-corrected chi connectivity index (χ2v) is 7.50. The van der Waals surface area contributed by atoms with Gasteiger partial charge in [0, 0.05) is 31.0 Å². The van der Waals surface area contributed by atoms with Crippen LogP contribution in [0.5, 0.6) is 11.5 Å². The summed E-state index contributed by atoms with van der Waals surface area (Å²) >= 11 is 0. The summed E-state index contributed by atoms with van der Waals surface area (Å²) in [6, 6.07) is 11.0. The first kappa shape index (κ1) is 20.1. The number of rotatable bonds is 7. The third-order valence-corrected chi connectivity index (χ3v) is 5.42. The van der Waals surface area contributed by atoms with Gasteiger partial charge in [0.2, 0.25) is 5.91 Å². The maximum atomic E-state index is 13.1. The molecule has 7 nitrogen and oxygen atoms in total. The molecule has 0 unspecified atom stereocenters. The van der Waals surface area contributed by atoms with Crippen molar-refractivity contribution < 1.29 is 9.53 Å². The fourth-order valence-electron chi connectivity index (χ4n) is 3.82. The number of aryl methyl sites for hydroxylation is 2. The molecule has 1 atom stereocenters. The number of aromatic nitrogens is 3. The fraction of sp³-hybridized carbons (Fsp3) is 0.348. The van der Waals surface area contributed by atoms with E-state index < -0.39 is 0 Å². The lowest BCUT2D eigenvalue weighted by Gasteiger charge is -2.24. The van der Waals surface area contributed by atoms with Crippen LogP contribution in [0.3, 0.4) is 0 Å². The minimum Gasteiger partial charge on any atom is -0.454 e. The van der Waals surface area contributed by atoms with Crippen molar-refractivity contribution in [2.45, 2.75) is 45.8 Å². The summed E-state index contributed by atoms with van der Waals surface area (Å²) in [5.41, 5.74) is 2.86. The van der Waals surface area contributed by atoms with Gasteiger partial charge < -0.3 is 10.1 Å². The van der Waals surface area contributed by atoms with Gasteiger partial charge in [0.15, 0.2) is 5.75 Å². The normalized spacial score (nSPS) is 16.5. The van der Waals surface area contributed by atoms with E-state index in [2.05, 4.69) is 33.4 Å². The molecule has 1 aliphatic heterocycles. The molecule has 0 bridgehead atoms. The van der Waals surface area contributed by atoms with E-state index in [1.54, 1.807) is 12.4 Å². The number of hydrogen-bond acceptors (Lipinski definition) is 5. The molecule has 30 heavy (non-hydrogen) atoms. The van der Waals surface area contributed by atoms with Crippen molar-refractivity contribution in [3.05, 3.63) is 66.2 Å². The lowest BCUT2D eigenvalue weighted by Crippen LogP contribution is -2.39. The first-order valence-corrected chi connectivity index (χ1v) is 10.4. The fourth-order valence-corrected chi connectivity index (χ4v) is 3.82. The SMILES string of the molecule is CCn1cc(CN2CCC[C@H]2C(=O)Nc2ccccc2Oc2cccnc2)c(C)n1. The van der Waals surface area contributed by atoms with Gasteiger partial charge in [0.1, 0.15) is 5.75 Å². The number of hydrogen-bond donors (Lipinski definition) is 1. The Labute approximate surface area is 176 Å². The van der Waals surface area contributed by atoms with Gasteiger partial charge >= 0.3 is 0 Å². The van der Waals surface area contributed by atoms with Gasteiger partial charge in [-0.05, 0) is 57.5 Å². The lowest BCUT2D eigenvalue weighted by atomic mass is 10.1.